The average molecular weight is 543 g/mol. The molecule has 2 aliphatic rings. The zero-order chi connectivity index (χ0) is 24.6. The number of carbonyl (C=O) groups is 2. The van der Waals surface area contributed by atoms with Crippen LogP contribution in [0.5, 0.6) is 5.75 Å². The lowest BCUT2D eigenvalue weighted by Gasteiger charge is -2.49. The Hall–Kier alpha value is -2.62. The summed E-state index contributed by atoms with van der Waals surface area (Å²) in [5.41, 5.74) is -1.19. The standard InChI is InChI=1S/C24H23BrF4N2O3/c1-34-20-8-5-12(25)9-17(20)23(33)31-22-15-4-2-3-14(15)16(22)11-21(32)30-13-6-7-19(26)18(10-13)24(27,28)29/h5-10,14-16,22H,2-4,11H2,1H3,(H,30,32)(H,31,33)/t14-,15+,16+,22-/m0/s1. The maximum absolute atomic E-state index is 13.5. The first kappa shape index (κ1) is 24.5. The Kier molecular flexibility index (Phi) is 6.89. The van der Waals surface area contributed by atoms with E-state index < -0.39 is 23.5 Å². The summed E-state index contributed by atoms with van der Waals surface area (Å²) in [4.78, 5) is 25.7. The molecule has 0 aliphatic heterocycles. The van der Waals surface area contributed by atoms with Crippen molar-refractivity contribution >= 4 is 33.4 Å². The lowest BCUT2D eigenvalue weighted by Crippen LogP contribution is -2.58. The van der Waals surface area contributed by atoms with E-state index in [0.717, 1.165) is 29.8 Å². The minimum Gasteiger partial charge on any atom is -0.496 e. The Morgan fingerprint density at radius 1 is 1.12 bits per heavy atom. The van der Waals surface area contributed by atoms with Crippen molar-refractivity contribution in [3.8, 4) is 5.75 Å². The lowest BCUT2D eigenvalue weighted by atomic mass is 9.61. The molecule has 2 aromatic rings. The van der Waals surface area contributed by atoms with E-state index in [9.17, 15) is 27.2 Å². The third-order valence-corrected chi connectivity index (χ3v) is 7.27. The number of halogens is 5. The highest BCUT2D eigenvalue weighted by Crippen LogP contribution is 2.52. The fourth-order valence-corrected chi connectivity index (χ4v) is 5.62. The van der Waals surface area contributed by atoms with E-state index in [-0.39, 0.29) is 41.8 Å². The molecule has 0 unspecified atom stereocenters. The highest BCUT2D eigenvalue weighted by atomic mass is 79.9. The maximum Gasteiger partial charge on any atom is 0.419 e. The average Bonchev–Trinajstić information content (AvgIpc) is 3.21. The lowest BCUT2D eigenvalue weighted by molar-refractivity contribution is -0.140. The summed E-state index contributed by atoms with van der Waals surface area (Å²) in [6, 6.07) is 7.25. The summed E-state index contributed by atoms with van der Waals surface area (Å²) in [5.74, 6) is -1.39. The molecule has 2 aromatic carbocycles. The van der Waals surface area contributed by atoms with Crippen molar-refractivity contribution in [2.45, 2.75) is 37.9 Å². The second-order valence-electron chi connectivity index (χ2n) is 8.71. The van der Waals surface area contributed by atoms with Crippen LogP contribution in [0.3, 0.4) is 0 Å². The highest BCUT2D eigenvalue weighted by Gasteiger charge is 2.53. The number of anilines is 1. The second-order valence-corrected chi connectivity index (χ2v) is 9.63. The van der Waals surface area contributed by atoms with Gasteiger partial charge >= 0.3 is 6.18 Å². The molecule has 4 rings (SSSR count). The number of hydrogen-bond donors (Lipinski definition) is 2. The van der Waals surface area contributed by atoms with Gasteiger partial charge in [0.25, 0.3) is 5.91 Å². The predicted octanol–water partition coefficient (Wildman–Crippen LogP) is 5.79. The van der Waals surface area contributed by atoms with Crippen molar-refractivity contribution in [3.63, 3.8) is 0 Å². The minimum atomic E-state index is -4.86. The SMILES string of the molecule is COc1ccc(Br)cc1C(=O)N[C@H]1[C@@H]2CCC[C@@H]2[C@H]1CC(=O)Nc1ccc(F)c(C(F)(F)F)c1. The summed E-state index contributed by atoms with van der Waals surface area (Å²) >= 11 is 3.35. The molecule has 2 saturated carbocycles. The van der Waals surface area contributed by atoms with Crippen molar-refractivity contribution in [2.75, 3.05) is 12.4 Å². The van der Waals surface area contributed by atoms with Gasteiger partial charge in [-0.1, -0.05) is 22.4 Å². The maximum atomic E-state index is 13.5. The van der Waals surface area contributed by atoms with Crippen LogP contribution in [0.1, 0.15) is 41.6 Å². The Morgan fingerprint density at radius 3 is 2.56 bits per heavy atom. The van der Waals surface area contributed by atoms with Crippen molar-refractivity contribution < 1.29 is 31.9 Å². The minimum absolute atomic E-state index is 0.0421. The van der Waals surface area contributed by atoms with E-state index in [1.165, 1.54) is 7.11 Å². The number of hydrogen-bond acceptors (Lipinski definition) is 3. The molecular weight excluding hydrogens is 520 g/mol. The second kappa shape index (κ2) is 9.56. The number of alkyl halides is 3. The molecule has 2 N–H and O–H groups in total. The van der Waals surface area contributed by atoms with E-state index in [0.29, 0.717) is 23.4 Å². The van der Waals surface area contributed by atoms with Crippen LogP contribution in [-0.4, -0.2) is 25.0 Å². The van der Waals surface area contributed by atoms with Gasteiger partial charge < -0.3 is 15.4 Å². The number of rotatable bonds is 6. The quantitative estimate of drug-likeness (QED) is 0.454. The van der Waals surface area contributed by atoms with Gasteiger partial charge in [-0.25, -0.2) is 4.39 Å². The van der Waals surface area contributed by atoms with Crippen LogP contribution < -0.4 is 15.4 Å². The number of ether oxygens (including phenoxy) is 1. The van der Waals surface area contributed by atoms with Crippen LogP contribution >= 0.6 is 15.9 Å². The molecule has 0 aromatic heterocycles. The number of methoxy groups -OCH3 is 1. The molecule has 0 radical (unpaired) electrons. The fraction of sp³-hybridized carbons (Fsp3) is 0.417. The third kappa shape index (κ3) is 4.92. The van der Waals surface area contributed by atoms with Crippen LogP contribution in [0, 0.1) is 23.6 Å². The third-order valence-electron chi connectivity index (χ3n) is 6.78. The van der Waals surface area contributed by atoms with Crippen molar-refractivity contribution in [1.29, 1.82) is 0 Å². The molecule has 10 heteroatoms. The molecule has 5 nitrogen and oxygen atoms in total. The van der Waals surface area contributed by atoms with Gasteiger partial charge in [0.05, 0.1) is 18.2 Å². The Morgan fingerprint density at radius 2 is 1.85 bits per heavy atom. The largest absolute Gasteiger partial charge is 0.496 e. The zero-order valence-corrected chi connectivity index (χ0v) is 19.8. The number of carbonyl (C=O) groups excluding carboxylic acids is 2. The van der Waals surface area contributed by atoms with Gasteiger partial charge in [0, 0.05) is 22.6 Å². The van der Waals surface area contributed by atoms with Gasteiger partial charge in [-0.3, -0.25) is 9.59 Å². The molecule has 2 amide bonds. The molecule has 2 fully saturated rings. The fourth-order valence-electron chi connectivity index (χ4n) is 5.26. The summed E-state index contributed by atoms with van der Waals surface area (Å²) in [7, 11) is 1.48. The van der Waals surface area contributed by atoms with Crippen LogP contribution in [0.2, 0.25) is 0 Å². The smallest absolute Gasteiger partial charge is 0.419 e. The first-order valence-electron chi connectivity index (χ1n) is 10.9. The number of nitrogens with one attached hydrogen (secondary N) is 2. The van der Waals surface area contributed by atoms with Gasteiger partial charge in [-0.15, -0.1) is 0 Å². The van der Waals surface area contributed by atoms with Gasteiger partial charge in [-0.2, -0.15) is 13.2 Å². The van der Waals surface area contributed by atoms with Crippen LogP contribution in [-0.2, 0) is 11.0 Å². The summed E-state index contributed by atoms with van der Waals surface area (Å²) in [6.07, 6.45) is -1.95. The van der Waals surface area contributed by atoms with Gasteiger partial charge in [0.15, 0.2) is 0 Å². The van der Waals surface area contributed by atoms with E-state index >= 15 is 0 Å². The number of fused-ring (bicyclic) bond motifs is 1. The molecule has 0 heterocycles. The monoisotopic (exact) mass is 542 g/mol. The molecule has 4 atom stereocenters. The normalized spacial score (nSPS) is 23.6. The van der Waals surface area contributed by atoms with Gasteiger partial charge in [0.2, 0.25) is 5.91 Å². The van der Waals surface area contributed by atoms with E-state index in [1.54, 1.807) is 18.2 Å². The number of amides is 2. The molecule has 0 bridgehead atoms. The summed E-state index contributed by atoms with van der Waals surface area (Å²) in [6.45, 7) is 0. The van der Waals surface area contributed by atoms with Crippen molar-refractivity contribution in [3.05, 3.63) is 57.8 Å². The topological polar surface area (TPSA) is 67.4 Å². The molecule has 182 valence electrons. The Balaban J connectivity index is 1.46. The van der Waals surface area contributed by atoms with E-state index in [4.69, 9.17) is 4.74 Å². The highest BCUT2D eigenvalue weighted by molar-refractivity contribution is 9.10. The van der Waals surface area contributed by atoms with E-state index in [1.807, 2.05) is 0 Å². The molecular formula is C24H23BrF4N2O3. The zero-order valence-electron chi connectivity index (χ0n) is 18.2. The van der Waals surface area contributed by atoms with Gasteiger partial charge in [-0.05, 0) is 67.0 Å². The molecule has 0 saturated heterocycles. The van der Waals surface area contributed by atoms with Gasteiger partial charge in [0.1, 0.15) is 11.6 Å². The Labute approximate surface area is 202 Å². The summed E-state index contributed by atoms with van der Waals surface area (Å²) in [5, 5.41) is 5.49. The first-order valence-corrected chi connectivity index (χ1v) is 11.7. The van der Waals surface area contributed by atoms with Crippen LogP contribution in [0.25, 0.3) is 0 Å². The molecule has 0 spiro atoms. The van der Waals surface area contributed by atoms with E-state index in [2.05, 4.69) is 26.6 Å². The predicted molar refractivity (Wildman–Crippen MR) is 121 cm³/mol. The molecule has 2 aliphatic carbocycles. The van der Waals surface area contributed by atoms with Crippen molar-refractivity contribution in [1.82, 2.24) is 5.32 Å². The Bertz CT molecular complexity index is 1110. The summed E-state index contributed by atoms with van der Waals surface area (Å²) < 4.78 is 58.5. The van der Waals surface area contributed by atoms with Crippen molar-refractivity contribution in [2.24, 2.45) is 17.8 Å². The van der Waals surface area contributed by atoms with Crippen LogP contribution in [0.4, 0.5) is 23.2 Å². The van der Waals surface area contributed by atoms with Crippen LogP contribution in [0.15, 0.2) is 40.9 Å². The number of benzene rings is 2. The molecule has 34 heavy (non-hydrogen) atoms. The first-order chi connectivity index (χ1) is 16.1.